The summed E-state index contributed by atoms with van der Waals surface area (Å²) in [4.78, 5) is 26.2. The number of hydrogen-bond donors (Lipinski definition) is 0. The molecule has 1 heterocycles. The van der Waals surface area contributed by atoms with Crippen LogP contribution in [0.3, 0.4) is 0 Å². The molecule has 1 aromatic rings. The second-order valence-corrected chi connectivity index (χ2v) is 5.50. The Bertz CT molecular complexity index is 448. The van der Waals surface area contributed by atoms with E-state index in [1.54, 1.807) is 24.3 Å². The molecule has 0 aliphatic carbocycles. The topological polar surface area (TPSA) is 37.4 Å². The lowest BCUT2D eigenvalue weighted by molar-refractivity contribution is 0.0483. The van der Waals surface area contributed by atoms with Crippen molar-refractivity contribution >= 4 is 11.8 Å². The van der Waals surface area contributed by atoms with Gasteiger partial charge in [-0.15, -0.1) is 0 Å². The Morgan fingerprint density at radius 3 is 1.56 bits per heavy atom. The van der Waals surface area contributed by atoms with E-state index in [2.05, 4.69) is 0 Å². The first-order valence-corrected chi connectivity index (χ1v) is 6.42. The van der Waals surface area contributed by atoms with Crippen molar-refractivity contribution in [1.82, 2.24) is 4.90 Å². The highest BCUT2D eigenvalue weighted by molar-refractivity contribution is 6.21. The van der Waals surface area contributed by atoms with Crippen LogP contribution in [0, 0.1) is 11.8 Å². The summed E-state index contributed by atoms with van der Waals surface area (Å²) < 4.78 is 0. The number of fused-ring (bicyclic) bond motifs is 1. The molecule has 3 heteroatoms. The van der Waals surface area contributed by atoms with Gasteiger partial charge in [-0.2, -0.15) is 0 Å². The van der Waals surface area contributed by atoms with E-state index in [9.17, 15) is 9.59 Å². The van der Waals surface area contributed by atoms with E-state index in [4.69, 9.17) is 0 Å². The molecule has 1 aliphatic heterocycles. The van der Waals surface area contributed by atoms with Crippen LogP contribution in [0.25, 0.3) is 0 Å². The molecule has 0 aromatic heterocycles. The first-order valence-electron chi connectivity index (χ1n) is 6.42. The number of carbonyl (C=O) groups excluding carboxylic acids is 2. The van der Waals surface area contributed by atoms with Gasteiger partial charge in [0.1, 0.15) is 0 Å². The highest BCUT2D eigenvalue weighted by Crippen LogP contribution is 2.29. The number of rotatable bonds is 3. The molecule has 96 valence electrons. The van der Waals surface area contributed by atoms with Gasteiger partial charge in [-0.25, -0.2) is 0 Å². The van der Waals surface area contributed by atoms with Crippen LogP contribution in [-0.2, 0) is 0 Å². The monoisotopic (exact) mass is 245 g/mol. The molecule has 1 aromatic carbocycles. The maximum atomic E-state index is 12.4. The SMILES string of the molecule is CC(C)C(C(C)C)N1C(=O)c2ccccc2C1=O. The van der Waals surface area contributed by atoms with Crippen molar-refractivity contribution in [3.05, 3.63) is 35.4 Å². The molecule has 18 heavy (non-hydrogen) atoms. The predicted molar refractivity (Wildman–Crippen MR) is 70.4 cm³/mol. The second-order valence-electron chi connectivity index (χ2n) is 5.50. The molecule has 0 spiro atoms. The summed E-state index contributed by atoms with van der Waals surface area (Å²) in [7, 11) is 0. The van der Waals surface area contributed by atoms with Crippen LogP contribution >= 0.6 is 0 Å². The van der Waals surface area contributed by atoms with Crippen LogP contribution in [0.15, 0.2) is 24.3 Å². The molecule has 0 fully saturated rings. The third-order valence-electron chi connectivity index (χ3n) is 3.49. The van der Waals surface area contributed by atoms with Crippen molar-refractivity contribution in [2.75, 3.05) is 0 Å². The number of amides is 2. The molecule has 0 unspecified atom stereocenters. The van der Waals surface area contributed by atoms with Gasteiger partial charge in [0.2, 0.25) is 0 Å². The number of hydrogen-bond acceptors (Lipinski definition) is 2. The van der Waals surface area contributed by atoms with E-state index < -0.39 is 0 Å². The summed E-state index contributed by atoms with van der Waals surface area (Å²) in [6.45, 7) is 8.20. The summed E-state index contributed by atoms with van der Waals surface area (Å²) in [5, 5.41) is 0. The van der Waals surface area contributed by atoms with Crippen LogP contribution in [0.4, 0.5) is 0 Å². The van der Waals surface area contributed by atoms with E-state index in [0.717, 1.165) is 0 Å². The summed E-state index contributed by atoms with van der Waals surface area (Å²) in [6, 6.07) is 7.01. The molecular formula is C15H19NO2. The van der Waals surface area contributed by atoms with Crippen molar-refractivity contribution in [2.45, 2.75) is 33.7 Å². The van der Waals surface area contributed by atoms with Gasteiger partial charge >= 0.3 is 0 Å². The maximum Gasteiger partial charge on any atom is 0.261 e. The van der Waals surface area contributed by atoms with Gasteiger partial charge in [0.15, 0.2) is 0 Å². The van der Waals surface area contributed by atoms with Gasteiger partial charge in [-0.3, -0.25) is 14.5 Å². The van der Waals surface area contributed by atoms with Crippen molar-refractivity contribution in [2.24, 2.45) is 11.8 Å². The number of carbonyl (C=O) groups is 2. The molecule has 2 amide bonds. The molecule has 3 nitrogen and oxygen atoms in total. The molecule has 0 atom stereocenters. The minimum atomic E-state index is -0.150. The first kappa shape index (κ1) is 12.8. The zero-order valence-corrected chi connectivity index (χ0v) is 11.3. The molecule has 0 saturated heterocycles. The molecule has 0 saturated carbocycles. The minimum absolute atomic E-state index is 0.0441. The van der Waals surface area contributed by atoms with Crippen LogP contribution in [0.2, 0.25) is 0 Å². The highest BCUT2D eigenvalue weighted by atomic mass is 16.2. The predicted octanol–water partition coefficient (Wildman–Crippen LogP) is 2.96. The Balaban J connectivity index is 2.44. The smallest absolute Gasteiger partial charge is 0.261 e. The number of benzene rings is 1. The third kappa shape index (κ3) is 1.84. The first-order chi connectivity index (χ1) is 8.45. The average molecular weight is 245 g/mol. The van der Waals surface area contributed by atoms with Crippen LogP contribution in [-0.4, -0.2) is 22.8 Å². The van der Waals surface area contributed by atoms with E-state index in [1.807, 2.05) is 27.7 Å². The molecule has 0 N–H and O–H groups in total. The number of nitrogens with zero attached hydrogens (tertiary/aromatic N) is 1. The summed E-state index contributed by atoms with van der Waals surface area (Å²) >= 11 is 0. The van der Waals surface area contributed by atoms with Crippen molar-refractivity contribution < 1.29 is 9.59 Å². The van der Waals surface area contributed by atoms with Crippen molar-refractivity contribution in [1.29, 1.82) is 0 Å². The van der Waals surface area contributed by atoms with Crippen LogP contribution in [0.1, 0.15) is 48.4 Å². The van der Waals surface area contributed by atoms with Crippen molar-refractivity contribution in [3.8, 4) is 0 Å². The van der Waals surface area contributed by atoms with Gasteiger partial charge in [0, 0.05) is 6.04 Å². The zero-order chi connectivity index (χ0) is 13.4. The average Bonchev–Trinajstić information content (AvgIpc) is 2.55. The van der Waals surface area contributed by atoms with E-state index in [0.29, 0.717) is 11.1 Å². The van der Waals surface area contributed by atoms with Crippen LogP contribution in [0.5, 0.6) is 0 Å². The zero-order valence-electron chi connectivity index (χ0n) is 11.3. The lowest BCUT2D eigenvalue weighted by Crippen LogP contribution is -2.46. The molecule has 1 aliphatic rings. The fraction of sp³-hybridized carbons (Fsp3) is 0.467. The lowest BCUT2D eigenvalue weighted by Gasteiger charge is -2.32. The molecule has 0 bridgehead atoms. The molecule has 0 radical (unpaired) electrons. The largest absolute Gasteiger partial charge is 0.271 e. The van der Waals surface area contributed by atoms with Gasteiger partial charge in [0.25, 0.3) is 11.8 Å². The Morgan fingerprint density at radius 2 is 1.22 bits per heavy atom. The summed E-state index contributed by atoms with van der Waals surface area (Å²) in [5.41, 5.74) is 1.07. The van der Waals surface area contributed by atoms with Gasteiger partial charge < -0.3 is 0 Å². The quantitative estimate of drug-likeness (QED) is 0.768. The van der Waals surface area contributed by atoms with E-state index >= 15 is 0 Å². The highest BCUT2D eigenvalue weighted by Gasteiger charge is 2.41. The Morgan fingerprint density at radius 1 is 0.833 bits per heavy atom. The molecular weight excluding hydrogens is 226 g/mol. The Hall–Kier alpha value is -1.64. The Labute approximate surface area is 108 Å². The fourth-order valence-corrected chi connectivity index (χ4v) is 2.84. The van der Waals surface area contributed by atoms with Gasteiger partial charge in [-0.1, -0.05) is 39.8 Å². The Kier molecular flexibility index (Phi) is 3.24. The number of imide groups is 1. The molecule has 2 rings (SSSR count). The summed E-state index contributed by atoms with van der Waals surface area (Å²) in [5.74, 6) is 0.213. The summed E-state index contributed by atoms with van der Waals surface area (Å²) in [6.07, 6.45) is 0. The normalized spacial score (nSPS) is 15.2. The fourth-order valence-electron chi connectivity index (χ4n) is 2.84. The van der Waals surface area contributed by atoms with E-state index in [-0.39, 0.29) is 29.7 Å². The maximum absolute atomic E-state index is 12.4. The van der Waals surface area contributed by atoms with E-state index in [1.165, 1.54) is 4.90 Å². The lowest BCUT2D eigenvalue weighted by atomic mass is 9.91. The van der Waals surface area contributed by atoms with Crippen molar-refractivity contribution in [3.63, 3.8) is 0 Å². The second kappa shape index (κ2) is 4.56. The van der Waals surface area contributed by atoms with Gasteiger partial charge in [0.05, 0.1) is 11.1 Å². The van der Waals surface area contributed by atoms with Gasteiger partial charge in [-0.05, 0) is 24.0 Å². The minimum Gasteiger partial charge on any atom is -0.271 e. The van der Waals surface area contributed by atoms with Crippen LogP contribution < -0.4 is 0 Å². The standard InChI is InChI=1S/C15H19NO2/c1-9(2)13(10(3)4)16-14(17)11-7-5-6-8-12(11)15(16)18/h5-10,13H,1-4H3. The third-order valence-corrected chi connectivity index (χ3v) is 3.49.